The first kappa shape index (κ1) is 19.1. The average molecular weight is 427 g/mol. The topological polar surface area (TPSA) is 85.1 Å². The highest BCUT2D eigenvalue weighted by Crippen LogP contribution is 2.30. The second kappa shape index (κ2) is 8.45. The Morgan fingerprint density at radius 1 is 1.03 bits per heavy atom. The molecule has 5 heterocycles. The minimum Gasteiger partial charge on any atom is -0.352 e. The molecule has 0 fully saturated rings. The zero-order valence-corrected chi connectivity index (χ0v) is 17.3. The van der Waals surface area contributed by atoms with Crippen LogP contribution in [0.3, 0.4) is 0 Å². The third-order valence-corrected chi connectivity index (χ3v) is 5.73. The molecule has 0 aliphatic carbocycles. The van der Waals surface area contributed by atoms with Gasteiger partial charge in [0.05, 0.1) is 28.7 Å². The van der Waals surface area contributed by atoms with Gasteiger partial charge < -0.3 is 9.72 Å². The molecule has 0 atom stereocenters. The fraction of sp³-hybridized carbons (Fsp3) is 0.0870. The Morgan fingerprint density at radius 2 is 1.97 bits per heavy atom. The van der Waals surface area contributed by atoms with Crippen molar-refractivity contribution in [2.24, 2.45) is 0 Å². The molecule has 0 saturated heterocycles. The van der Waals surface area contributed by atoms with Gasteiger partial charge in [-0.05, 0) is 30.3 Å². The summed E-state index contributed by atoms with van der Waals surface area (Å²) in [5.74, 6) is -0.115. The Morgan fingerprint density at radius 3 is 2.81 bits per heavy atom. The second-order valence-corrected chi connectivity index (χ2v) is 7.71. The minimum absolute atomic E-state index is 0.115. The Labute approximate surface area is 182 Å². The van der Waals surface area contributed by atoms with Crippen LogP contribution in [-0.2, 0) is 6.42 Å². The van der Waals surface area contributed by atoms with Crippen molar-refractivity contribution in [1.82, 2.24) is 29.7 Å². The maximum Gasteiger partial charge on any atom is 0.253 e. The lowest BCUT2D eigenvalue weighted by molar-refractivity contribution is 0.0956. The van der Waals surface area contributed by atoms with Crippen molar-refractivity contribution in [1.29, 1.82) is 0 Å². The summed E-state index contributed by atoms with van der Waals surface area (Å²) < 4.78 is 1.99. The molecule has 0 saturated carbocycles. The van der Waals surface area contributed by atoms with Crippen LogP contribution in [0.15, 0.2) is 78.8 Å². The van der Waals surface area contributed by atoms with Crippen LogP contribution < -0.4 is 5.32 Å². The Hall–Kier alpha value is -3.91. The third kappa shape index (κ3) is 3.93. The lowest BCUT2D eigenvalue weighted by Crippen LogP contribution is -2.25. The van der Waals surface area contributed by atoms with Crippen LogP contribution in [0.4, 0.5) is 0 Å². The Kier molecular flexibility index (Phi) is 5.20. The van der Waals surface area contributed by atoms with Gasteiger partial charge in [0.15, 0.2) is 0 Å². The molecule has 5 aromatic rings. The van der Waals surface area contributed by atoms with E-state index in [0.29, 0.717) is 18.5 Å². The summed E-state index contributed by atoms with van der Waals surface area (Å²) in [5.41, 5.74) is 4.78. The van der Waals surface area contributed by atoms with Gasteiger partial charge >= 0.3 is 0 Å². The largest absolute Gasteiger partial charge is 0.352 e. The summed E-state index contributed by atoms with van der Waals surface area (Å²) in [6, 6.07) is 13.5. The molecule has 1 amide bonds. The van der Waals surface area contributed by atoms with E-state index in [1.54, 1.807) is 24.8 Å². The monoisotopic (exact) mass is 426 g/mol. The van der Waals surface area contributed by atoms with Gasteiger partial charge in [0.1, 0.15) is 10.7 Å². The van der Waals surface area contributed by atoms with Gasteiger partial charge in [0.2, 0.25) is 0 Å². The molecule has 31 heavy (non-hydrogen) atoms. The summed E-state index contributed by atoms with van der Waals surface area (Å²) in [5, 5.41) is 5.77. The number of rotatable bonds is 6. The van der Waals surface area contributed by atoms with E-state index in [-0.39, 0.29) is 5.91 Å². The fourth-order valence-corrected chi connectivity index (χ4v) is 4.17. The molecule has 8 heteroatoms. The van der Waals surface area contributed by atoms with E-state index in [1.807, 2.05) is 58.4 Å². The van der Waals surface area contributed by atoms with Crippen LogP contribution in [0.5, 0.6) is 0 Å². The van der Waals surface area contributed by atoms with Gasteiger partial charge in [-0.25, -0.2) is 4.98 Å². The van der Waals surface area contributed by atoms with E-state index in [4.69, 9.17) is 4.98 Å². The number of carbonyl (C=O) groups is 1. The highest BCUT2D eigenvalue weighted by atomic mass is 32.1. The van der Waals surface area contributed by atoms with Crippen molar-refractivity contribution in [2.45, 2.75) is 6.42 Å². The van der Waals surface area contributed by atoms with Crippen LogP contribution in [0.1, 0.15) is 16.1 Å². The van der Waals surface area contributed by atoms with Crippen molar-refractivity contribution in [2.75, 3.05) is 6.54 Å². The van der Waals surface area contributed by atoms with E-state index in [1.165, 1.54) is 11.3 Å². The van der Waals surface area contributed by atoms with E-state index >= 15 is 0 Å². The normalized spacial score (nSPS) is 11.0. The molecule has 0 radical (unpaired) electrons. The first-order chi connectivity index (χ1) is 15.3. The third-order valence-electron chi connectivity index (χ3n) is 4.86. The zero-order chi connectivity index (χ0) is 21.0. The Bertz CT molecular complexity index is 1330. The smallest absolute Gasteiger partial charge is 0.253 e. The van der Waals surface area contributed by atoms with Gasteiger partial charge in [-0.2, -0.15) is 0 Å². The van der Waals surface area contributed by atoms with E-state index in [9.17, 15) is 4.79 Å². The molecule has 0 unspecified atom stereocenters. The molecule has 152 valence electrons. The van der Waals surface area contributed by atoms with Crippen molar-refractivity contribution >= 4 is 22.8 Å². The van der Waals surface area contributed by atoms with Crippen LogP contribution in [0.25, 0.3) is 27.6 Å². The van der Waals surface area contributed by atoms with Crippen LogP contribution in [-0.4, -0.2) is 36.8 Å². The van der Waals surface area contributed by atoms with Crippen LogP contribution >= 0.6 is 11.3 Å². The highest BCUT2D eigenvalue weighted by molar-refractivity contribution is 7.13. The Balaban J connectivity index is 1.42. The molecule has 5 rings (SSSR count). The summed E-state index contributed by atoms with van der Waals surface area (Å²) in [6.07, 6.45) is 9.36. The number of pyridine rings is 2. The lowest BCUT2D eigenvalue weighted by atomic mass is 10.2. The number of fused-ring (bicyclic) bond motifs is 1. The lowest BCUT2D eigenvalue weighted by Gasteiger charge is -2.04. The summed E-state index contributed by atoms with van der Waals surface area (Å²) in [7, 11) is 0. The molecule has 0 aliphatic rings. The van der Waals surface area contributed by atoms with E-state index in [2.05, 4.69) is 20.3 Å². The van der Waals surface area contributed by atoms with Crippen LogP contribution in [0.2, 0.25) is 0 Å². The number of nitrogens with zero attached hydrogens (tertiary/aromatic N) is 5. The van der Waals surface area contributed by atoms with Crippen molar-refractivity contribution in [3.8, 4) is 22.1 Å². The van der Waals surface area contributed by atoms with Gasteiger partial charge in [0, 0.05) is 48.8 Å². The maximum atomic E-state index is 12.9. The number of hydrogen-bond donors (Lipinski definition) is 1. The first-order valence-corrected chi connectivity index (χ1v) is 10.7. The van der Waals surface area contributed by atoms with Crippen molar-refractivity contribution in [3.05, 3.63) is 90.1 Å². The highest BCUT2D eigenvalue weighted by Gasteiger charge is 2.18. The van der Waals surface area contributed by atoms with Gasteiger partial charge in [-0.15, -0.1) is 11.3 Å². The first-order valence-electron chi connectivity index (χ1n) is 9.80. The summed E-state index contributed by atoms with van der Waals surface area (Å²) in [4.78, 5) is 30.4. The molecule has 5 aromatic heterocycles. The predicted molar refractivity (Wildman–Crippen MR) is 120 cm³/mol. The standard InChI is InChI=1S/C23H18N6OS/c30-22(27-9-7-16-5-1-3-8-25-16)17-13-21(29-12-4-2-6-20(17)29)19-15-31-23(28-19)18-14-24-10-11-26-18/h1-6,8,10-15H,7,9H2,(H,27,30). The molecule has 0 aromatic carbocycles. The molecular formula is C23H18N6OS. The number of carbonyl (C=O) groups excluding carboxylic acids is 1. The zero-order valence-electron chi connectivity index (χ0n) is 16.5. The number of aromatic nitrogens is 5. The molecule has 0 bridgehead atoms. The molecule has 7 nitrogen and oxygen atoms in total. The molecule has 0 spiro atoms. The minimum atomic E-state index is -0.115. The van der Waals surface area contributed by atoms with Gasteiger partial charge in [-0.1, -0.05) is 12.1 Å². The summed E-state index contributed by atoms with van der Waals surface area (Å²) in [6.45, 7) is 0.517. The number of nitrogens with one attached hydrogen (secondary N) is 1. The average Bonchev–Trinajstić information content (AvgIpc) is 3.46. The van der Waals surface area contributed by atoms with Gasteiger partial charge in [0.25, 0.3) is 5.91 Å². The van der Waals surface area contributed by atoms with Crippen molar-refractivity contribution < 1.29 is 4.79 Å². The fourth-order valence-electron chi connectivity index (χ4n) is 3.40. The molecule has 1 N–H and O–H groups in total. The predicted octanol–water partition coefficient (Wildman–Crippen LogP) is 3.89. The maximum absolute atomic E-state index is 12.9. The van der Waals surface area contributed by atoms with Gasteiger partial charge in [-0.3, -0.25) is 19.7 Å². The quantitative estimate of drug-likeness (QED) is 0.445. The summed E-state index contributed by atoms with van der Waals surface area (Å²) >= 11 is 1.50. The molecule has 0 aliphatic heterocycles. The van der Waals surface area contributed by atoms with E-state index < -0.39 is 0 Å². The van der Waals surface area contributed by atoms with Crippen LogP contribution in [0, 0.1) is 0 Å². The van der Waals surface area contributed by atoms with Crippen molar-refractivity contribution in [3.63, 3.8) is 0 Å². The number of hydrogen-bond acceptors (Lipinski definition) is 6. The number of amides is 1. The second-order valence-electron chi connectivity index (χ2n) is 6.85. The van der Waals surface area contributed by atoms with E-state index in [0.717, 1.165) is 33.3 Å². The SMILES string of the molecule is O=C(NCCc1ccccn1)c1cc(-c2csc(-c3cnccn3)n2)n2ccccc12. The number of thiazole rings is 1. The molecular weight excluding hydrogens is 408 g/mol.